The van der Waals surface area contributed by atoms with Gasteiger partial charge in [0.1, 0.15) is 11.4 Å². The molecule has 1 aliphatic heterocycles. The summed E-state index contributed by atoms with van der Waals surface area (Å²) in [6, 6.07) is 3.33. The van der Waals surface area contributed by atoms with Crippen LogP contribution in [-0.2, 0) is 9.47 Å². The predicted octanol–water partition coefficient (Wildman–Crippen LogP) is 5.27. The van der Waals surface area contributed by atoms with E-state index >= 15 is 0 Å². The highest BCUT2D eigenvalue weighted by molar-refractivity contribution is 5.86. The molecule has 2 heterocycles. The van der Waals surface area contributed by atoms with Crippen LogP contribution in [0.25, 0.3) is 0 Å². The minimum absolute atomic E-state index is 0.0649. The highest BCUT2D eigenvalue weighted by Gasteiger charge is 2.39. The quantitative estimate of drug-likeness (QED) is 0.708. The molecule has 0 amide bonds. The zero-order chi connectivity index (χ0) is 17.6. The number of hydrogen-bond donors (Lipinski definition) is 0. The third kappa shape index (κ3) is 4.63. The average Bonchev–Trinajstić information content (AvgIpc) is 3.06. The number of hydrogen-bond acceptors (Lipinski definition) is 4. The summed E-state index contributed by atoms with van der Waals surface area (Å²) in [4.78, 5) is 10.9. The first-order chi connectivity index (χ1) is 10.8. The molecule has 0 fully saturated rings. The number of furan rings is 1. The maximum Gasteiger partial charge on any atom is 0.374 e. The van der Waals surface area contributed by atoms with Crippen LogP contribution < -0.4 is 0 Å². The molecule has 0 aliphatic carbocycles. The van der Waals surface area contributed by atoms with E-state index in [0.717, 1.165) is 12.8 Å². The van der Waals surface area contributed by atoms with Crippen LogP contribution in [0, 0.1) is 12.8 Å². The molecular weight excluding hydrogens is 292 g/mol. The molecule has 23 heavy (non-hydrogen) atoms. The minimum atomic E-state index is -0.402. The van der Waals surface area contributed by atoms with Gasteiger partial charge in [-0.2, -0.15) is 0 Å². The molecular formula is C19H30O4. The molecule has 1 aromatic heterocycles. The van der Waals surface area contributed by atoms with Gasteiger partial charge < -0.3 is 13.9 Å². The Balaban J connectivity index is 0.000000231. The van der Waals surface area contributed by atoms with Crippen molar-refractivity contribution in [1.82, 2.24) is 0 Å². The molecule has 2 rings (SSSR count). The predicted molar refractivity (Wildman–Crippen MR) is 91.3 cm³/mol. The third-order valence-electron chi connectivity index (χ3n) is 4.60. The van der Waals surface area contributed by atoms with Crippen LogP contribution in [0.5, 0.6) is 0 Å². The van der Waals surface area contributed by atoms with Gasteiger partial charge in [0.05, 0.1) is 12.4 Å². The van der Waals surface area contributed by atoms with Crippen molar-refractivity contribution >= 4 is 5.97 Å². The Hall–Kier alpha value is -1.71. The summed E-state index contributed by atoms with van der Waals surface area (Å²) in [5.41, 5.74) is 1.51. The van der Waals surface area contributed by atoms with Crippen molar-refractivity contribution in [3.63, 3.8) is 0 Å². The van der Waals surface area contributed by atoms with Crippen molar-refractivity contribution in [2.24, 2.45) is 5.92 Å². The van der Waals surface area contributed by atoms with Gasteiger partial charge in [-0.15, -0.1) is 0 Å². The molecule has 1 aliphatic rings. The lowest BCUT2D eigenvalue weighted by Gasteiger charge is -2.28. The highest BCUT2D eigenvalue weighted by atomic mass is 16.5. The zero-order valence-electron chi connectivity index (χ0n) is 15.5. The van der Waals surface area contributed by atoms with E-state index in [1.165, 1.54) is 11.3 Å². The van der Waals surface area contributed by atoms with Gasteiger partial charge in [-0.05, 0) is 51.8 Å². The molecule has 130 valence electrons. The molecule has 0 radical (unpaired) electrons. The summed E-state index contributed by atoms with van der Waals surface area (Å²) >= 11 is 0. The molecule has 4 heteroatoms. The zero-order valence-corrected chi connectivity index (χ0v) is 15.5. The van der Waals surface area contributed by atoms with Gasteiger partial charge in [-0.25, -0.2) is 4.79 Å². The van der Waals surface area contributed by atoms with Gasteiger partial charge in [0.2, 0.25) is 5.76 Å². The number of aryl methyl sites for hydroxylation is 1. The minimum Gasteiger partial charge on any atom is -0.491 e. The van der Waals surface area contributed by atoms with Crippen LogP contribution in [0.4, 0.5) is 0 Å². The van der Waals surface area contributed by atoms with Crippen molar-refractivity contribution in [1.29, 1.82) is 0 Å². The average molecular weight is 322 g/mol. The number of allylic oxidation sites excluding steroid dienone is 1. The van der Waals surface area contributed by atoms with Crippen LogP contribution in [0.15, 0.2) is 27.9 Å². The molecule has 4 nitrogen and oxygen atoms in total. The van der Waals surface area contributed by atoms with Gasteiger partial charge in [-0.1, -0.05) is 20.8 Å². The van der Waals surface area contributed by atoms with Gasteiger partial charge in [0, 0.05) is 12.3 Å². The standard InChI is InChI=1S/C11H20O.C8H10O3/c1-6-10-8(3)9(4)11(5,7-2)12-10;1-3-10-8(9)7-5-4-6(2)11-7/h9H,6-7H2,1-5H3;4-5H,3H2,1-2H3. The van der Waals surface area contributed by atoms with Crippen LogP contribution in [0.1, 0.15) is 70.7 Å². The first-order valence-electron chi connectivity index (χ1n) is 8.41. The Kier molecular flexibility index (Phi) is 6.92. The summed E-state index contributed by atoms with van der Waals surface area (Å²) < 4.78 is 15.7. The summed E-state index contributed by atoms with van der Waals surface area (Å²) in [6.45, 7) is 14.9. The van der Waals surface area contributed by atoms with E-state index < -0.39 is 5.97 Å². The van der Waals surface area contributed by atoms with E-state index in [9.17, 15) is 4.79 Å². The maximum absolute atomic E-state index is 10.9. The van der Waals surface area contributed by atoms with Gasteiger partial charge in [0.15, 0.2) is 0 Å². The van der Waals surface area contributed by atoms with Gasteiger partial charge >= 0.3 is 5.97 Å². The molecule has 0 aromatic carbocycles. The molecule has 2 unspecified atom stereocenters. The largest absolute Gasteiger partial charge is 0.491 e. The van der Waals surface area contributed by atoms with Crippen molar-refractivity contribution < 1.29 is 18.7 Å². The second-order valence-corrected chi connectivity index (χ2v) is 6.08. The SMILES string of the molecule is CCC1=C(C)C(C)C(C)(CC)O1.CCOC(=O)c1ccc(C)o1. The van der Waals surface area contributed by atoms with Crippen LogP contribution >= 0.6 is 0 Å². The lowest BCUT2D eigenvalue weighted by molar-refractivity contribution is 0.00853. The summed E-state index contributed by atoms with van der Waals surface area (Å²) in [5.74, 6) is 2.38. The number of esters is 1. The first kappa shape index (κ1) is 19.3. The van der Waals surface area contributed by atoms with Gasteiger partial charge in [0.25, 0.3) is 0 Å². The number of carbonyl (C=O) groups is 1. The normalized spacial score (nSPS) is 23.2. The molecule has 1 aromatic rings. The van der Waals surface area contributed by atoms with Crippen molar-refractivity contribution in [3.05, 3.63) is 35.0 Å². The summed E-state index contributed by atoms with van der Waals surface area (Å²) in [6.07, 6.45) is 2.13. The Labute approximate surface area is 139 Å². The van der Waals surface area contributed by atoms with E-state index in [2.05, 4.69) is 34.6 Å². The van der Waals surface area contributed by atoms with E-state index in [0.29, 0.717) is 18.3 Å². The lowest BCUT2D eigenvalue weighted by atomic mass is 9.85. The molecule has 0 saturated carbocycles. The third-order valence-corrected chi connectivity index (χ3v) is 4.60. The fourth-order valence-electron chi connectivity index (χ4n) is 2.63. The molecule has 2 atom stereocenters. The number of ether oxygens (including phenoxy) is 2. The van der Waals surface area contributed by atoms with Crippen LogP contribution in [-0.4, -0.2) is 18.2 Å². The Morgan fingerprint density at radius 3 is 2.26 bits per heavy atom. The van der Waals surface area contributed by atoms with E-state index in [1.807, 2.05) is 0 Å². The highest BCUT2D eigenvalue weighted by Crippen LogP contribution is 2.41. The van der Waals surface area contributed by atoms with Crippen LogP contribution in [0.2, 0.25) is 0 Å². The fraction of sp³-hybridized carbons (Fsp3) is 0.632. The van der Waals surface area contributed by atoms with E-state index in [4.69, 9.17) is 13.9 Å². The second kappa shape index (κ2) is 8.23. The van der Waals surface area contributed by atoms with Crippen molar-refractivity contribution in [2.45, 2.75) is 66.9 Å². The first-order valence-corrected chi connectivity index (χ1v) is 8.41. The Morgan fingerprint density at radius 2 is 1.91 bits per heavy atom. The fourth-order valence-corrected chi connectivity index (χ4v) is 2.63. The molecule has 0 bridgehead atoms. The number of rotatable bonds is 4. The van der Waals surface area contributed by atoms with Crippen LogP contribution in [0.3, 0.4) is 0 Å². The van der Waals surface area contributed by atoms with Gasteiger partial charge in [-0.3, -0.25) is 0 Å². The molecule has 0 saturated heterocycles. The smallest absolute Gasteiger partial charge is 0.374 e. The number of carbonyl (C=O) groups excluding carboxylic acids is 1. The van der Waals surface area contributed by atoms with Crippen molar-refractivity contribution in [2.75, 3.05) is 6.61 Å². The lowest BCUT2D eigenvalue weighted by Crippen LogP contribution is -2.30. The monoisotopic (exact) mass is 322 g/mol. The Bertz CT molecular complexity index is 555. The molecule has 0 N–H and O–H groups in total. The summed E-state index contributed by atoms with van der Waals surface area (Å²) in [7, 11) is 0. The van der Waals surface area contributed by atoms with Crippen molar-refractivity contribution in [3.8, 4) is 0 Å². The maximum atomic E-state index is 10.9. The Morgan fingerprint density at radius 1 is 1.26 bits per heavy atom. The van der Waals surface area contributed by atoms with E-state index in [1.54, 1.807) is 26.0 Å². The summed E-state index contributed by atoms with van der Waals surface area (Å²) in [5, 5.41) is 0. The topological polar surface area (TPSA) is 48.7 Å². The van der Waals surface area contributed by atoms with E-state index in [-0.39, 0.29) is 11.4 Å². The second-order valence-electron chi connectivity index (χ2n) is 6.08. The molecule has 0 spiro atoms.